The number of thioether (sulfide) groups is 1. The molecule has 0 aliphatic rings. The summed E-state index contributed by atoms with van der Waals surface area (Å²) in [7, 11) is 3.12. The number of hydrogen-bond donors (Lipinski definition) is 1. The van der Waals surface area contributed by atoms with E-state index in [0.29, 0.717) is 22.2 Å². The fourth-order valence-corrected chi connectivity index (χ4v) is 3.22. The van der Waals surface area contributed by atoms with Crippen LogP contribution in [0.5, 0.6) is 11.5 Å². The molecule has 1 N–H and O–H groups in total. The lowest BCUT2D eigenvalue weighted by atomic mass is 10.1. The molecule has 0 fully saturated rings. The minimum Gasteiger partial charge on any atom is -0.493 e. The number of hydrogen-bond acceptors (Lipinski definition) is 8. The van der Waals surface area contributed by atoms with Crippen molar-refractivity contribution in [2.75, 3.05) is 25.3 Å². The van der Waals surface area contributed by atoms with Crippen LogP contribution < -0.4 is 14.8 Å². The van der Waals surface area contributed by atoms with Gasteiger partial charge in [0.2, 0.25) is 5.91 Å². The maximum Gasteiger partial charge on any atom is 0.292 e. The number of nitrogens with one attached hydrogen (secondary N) is 1. The first kappa shape index (κ1) is 21.1. The number of nitro benzene ring substituents is 1. The maximum atomic E-state index is 12.2. The third-order valence-electron chi connectivity index (χ3n) is 4.05. The third-order valence-corrected chi connectivity index (χ3v) is 4.97. The molecule has 9 nitrogen and oxygen atoms in total. The maximum absolute atomic E-state index is 12.2. The Kier molecular flexibility index (Phi) is 6.81. The van der Waals surface area contributed by atoms with E-state index >= 15 is 0 Å². The Balaban J connectivity index is 1.63. The molecule has 0 bridgehead atoms. The van der Waals surface area contributed by atoms with E-state index in [1.165, 1.54) is 30.0 Å². The highest BCUT2D eigenvalue weighted by Gasteiger charge is 2.15. The van der Waals surface area contributed by atoms with Gasteiger partial charge in [-0.05, 0) is 36.4 Å². The van der Waals surface area contributed by atoms with Crippen LogP contribution in [0.25, 0.3) is 11.3 Å². The van der Waals surface area contributed by atoms with Crippen LogP contribution in [0.1, 0.15) is 0 Å². The van der Waals surface area contributed by atoms with E-state index in [2.05, 4.69) is 15.5 Å². The summed E-state index contributed by atoms with van der Waals surface area (Å²) in [4.78, 5) is 22.6. The normalized spacial score (nSPS) is 10.3. The summed E-state index contributed by atoms with van der Waals surface area (Å²) in [5.41, 5.74) is 1.45. The second-order valence-electron chi connectivity index (χ2n) is 5.94. The Bertz CT molecular complexity index is 1060. The lowest BCUT2D eigenvalue weighted by molar-refractivity contribution is -0.383. The van der Waals surface area contributed by atoms with Gasteiger partial charge < -0.3 is 14.8 Å². The molecular formula is C20H18N4O5S. The first-order chi connectivity index (χ1) is 14.5. The predicted molar refractivity (Wildman–Crippen MR) is 113 cm³/mol. The smallest absolute Gasteiger partial charge is 0.292 e. The Hall–Kier alpha value is -3.66. The van der Waals surface area contributed by atoms with Crippen molar-refractivity contribution in [1.29, 1.82) is 0 Å². The van der Waals surface area contributed by atoms with Gasteiger partial charge in [0, 0.05) is 11.6 Å². The zero-order chi connectivity index (χ0) is 21.5. The van der Waals surface area contributed by atoms with Crippen molar-refractivity contribution in [2.24, 2.45) is 0 Å². The van der Waals surface area contributed by atoms with Gasteiger partial charge in [-0.2, -0.15) is 0 Å². The highest BCUT2D eigenvalue weighted by molar-refractivity contribution is 7.99. The molecule has 1 aromatic heterocycles. The van der Waals surface area contributed by atoms with E-state index in [4.69, 9.17) is 9.47 Å². The van der Waals surface area contributed by atoms with E-state index in [1.807, 2.05) is 6.07 Å². The largest absolute Gasteiger partial charge is 0.493 e. The molecule has 1 heterocycles. The van der Waals surface area contributed by atoms with Crippen molar-refractivity contribution in [3.8, 4) is 22.8 Å². The first-order valence-electron chi connectivity index (χ1n) is 8.74. The van der Waals surface area contributed by atoms with Crippen LogP contribution in [0, 0.1) is 10.1 Å². The quantitative estimate of drug-likeness (QED) is 0.328. The van der Waals surface area contributed by atoms with Crippen LogP contribution in [0.3, 0.4) is 0 Å². The Labute approximate surface area is 176 Å². The number of carbonyl (C=O) groups excluding carboxylic acids is 1. The molecule has 1 amide bonds. The van der Waals surface area contributed by atoms with Crippen LogP contribution in [-0.4, -0.2) is 41.0 Å². The monoisotopic (exact) mass is 426 g/mol. The standard InChI is InChI=1S/C20H18N4O5S/c1-28-17-9-7-13(11-18(17)29-2)14-8-10-20(23-22-14)30-12-19(25)21-15-5-3-4-6-16(15)24(26)27/h3-11H,12H2,1-2H3,(H,21,25). The van der Waals surface area contributed by atoms with E-state index in [9.17, 15) is 14.9 Å². The highest BCUT2D eigenvalue weighted by Crippen LogP contribution is 2.31. The predicted octanol–water partition coefficient (Wildman–Crippen LogP) is 3.80. The number of carbonyl (C=O) groups is 1. The summed E-state index contributed by atoms with van der Waals surface area (Å²) in [6.45, 7) is 0. The number of amides is 1. The van der Waals surface area contributed by atoms with Gasteiger partial charge in [-0.15, -0.1) is 10.2 Å². The molecule has 0 radical (unpaired) electrons. The van der Waals surface area contributed by atoms with E-state index in [0.717, 1.165) is 5.56 Å². The number of benzene rings is 2. The van der Waals surface area contributed by atoms with Gasteiger partial charge in [0.25, 0.3) is 5.69 Å². The number of aromatic nitrogens is 2. The van der Waals surface area contributed by atoms with Gasteiger partial charge in [-0.3, -0.25) is 14.9 Å². The molecule has 3 aromatic rings. The SMILES string of the molecule is COc1ccc(-c2ccc(SCC(=O)Nc3ccccc3[N+](=O)[O-])nn2)cc1OC. The molecule has 0 aliphatic carbocycles. The van der Waals surface area contributed by atoms with Crippen LogP contribution in [-0.2, 0) is 4.79 Å². The molecule has 10 heteroatoms. The number of rotatable bonds is 8. The summed E-state index contributed by atoms with van der Waals surface area (Å²) in [5.74, 6) is 0.865. The van der Waals surface area contributed by atoms with Gasteiger partial charge in [-0.1, -0.05) is 23.9 Å². The van der Waals surface area contributed by atoms with Gasteiger partial charge in [0.15, 0.2) is 11.5 Å². The van der Waals surface area contributed by atoms with Crippen molar-refractivity contribution < 1.29 is 19.2 Å². The summed E-state index contributed by atoms with van der Waals surface area (Å²) in [6.07, 6.45) is 0. The summed E-state index contributed by atoms with van der Waals surface area (Å²) < 4.78 is 10.5. The molecule has 0 unspecified atom stereocenters. The van der Waals surface area contributed by atoms with Crippen molar-refractivity contribution in [3.05, 3.63) is 64.7 Å². The highest BCUT2D eigenvalue weighted by atomic mass is 32.2. The molecule has 0 saturated heterocycles. The lowest BCUT2D eigenvalue weighted by Crippen LogP contribution is -2.15. The van der Waals surface area contributed by atoms with E-state index in [-0.39, 0.29) is 23.0 Å². The molecule has 0 aliphatic heterocycles. The van der Waals surface area contributed by atoms with Crippen LogP contribution in [0.15, 0.2) is 59.6 Å². The number of nitrogens with zero attached hydrogens (tertiary/aromatic N) is 3. The number of para-hydroxylation sites is 2. The molecule has 2 aromatic carbocycles. The van der Waals surface area contributed by atoms with Crippen LogP contribution >= 0.6 is 11.8 Å². The van der Waals surface area contributed by atoms with Crippen molar-refractivity contribution in [1.82, 2.24) is 10.2 Å². The molecule has 0 saturated carbocycles. The molecule has 0 atom stereocenters. The van der Waals surface area contributed by atoms with Crippen molar-refractivity contribution >= 4 is 29.0 Å². The van der Waals surface area contributed by atoms with Crippen LogP contribution in [0.4, 0.5) is 11.4 Å². The minimum atomic E-state index is -0.541. The average molecular weight is 426 g/mol. The number of nitro groups is 1. The Morgan fingerprint density at radius 2 is 1.83 bits per heavy atom. The summed E-state index contributed by atoms with van der Waals surface area (Å²) in [6, 6.07) is 14.9. The van der Waals surface area contributed by atoms with Gasteiger partial charge in [-0.25, -0.2) is 0 Å². The fourth-order valence-electron chi connectivity index (χ4n) is 2.61. The van der Waals surface area contributed by atoms with Crippen molar-refractivity contribution in [3.63, 3.8) is 0 Å². The molecule has 30 heavy (non-hydrogen) atoms. The zero-order valence-corrected chi connectivity index (χ0v) is 17.0. The summed E-state index contributed by atoms with van der Waals surface area (Å²) in [5, 5.41) is 22.4. The fraction of sp³-hybridized carbons (Fsp3) is 0.150. The number of methoxy groups -OCH3 is 2. The molecule has 0 spiro atoms. The van der Waals surface area contributed by atoms with Gasteiger partial charge in [0.05, 0.1) is 30.6 Å². The van der Waals surface area contributed by atoms with Gasteiger partial charge in [0.1, 0.15) is 10.7 Å². The average Bonchev–Trinajstić information content (AvgIpc) is 2.77. The Morgan fingerprint density at radius 1 is 1.07 bits per heavy atom. The van der Waals surface area contributed by atoms with Gasteiger partial charge >= 0.3 is 0 Å². The molecule has 154 valence electrons. The lowest BCUT2D eigenvalue weighted by Gasteiger charge is -2.09. The first-order valence-corrected chi connectivity index (χ1v) is 9.72. The molecule has 3 rings (SSSR count). The van der Waals surface area contributed by atoms with E-state index < -0.39 is 4.92 Å². The third kappa shape index (κ3) is 5.03. The summed E-state index contributed by atoms with van der Waals surface area (Å²) >= 11 is 1.18. The second kappa shape index (κ2) is 9.70. The second-order valence-corrected chi connectivity index (χ2v) is 6.93. The zero-order valence-electron chi connectivity index (χ0n) is 16.2. The van der Waals surface area contributed by atoms with Crippen LogP contribution in [0.2, 0.25) is 0 Å². The van der Waals surface area contributed by atoms with E-state index in [1.54, 1.807) is 44.6 Å². The number of anilines is 1. The minimum absolute atomic E-state index is 0.0381. The Morgan fingerprint density at radius 3 is 2.50 bits per heavy atom. The number of ether oxygens (including phenoxy) is 2. The molecular weight excluding hydrogens is 408 g/mol. The topological polar surface area (TPSA) is 116 Å². The van der Waals surface area contributed by atoms with Crippen molar-refractivity contribution in [2.45, 2.75) is 5.03 Å².